The molecule has 2 aromatic carbocycles. The first-order chi connectivity index (χ1) is 14.7. The lowest BCUT2D eigenvalue weighted by Gasteiger charge is -2.16. The van der Waals surface area contributed by atoms with Crippen LogP contribution in [-0.4, -0.2) is 42.9 Å². The van der Waals surface area contributed by atoms with Crippen molar-refractivity contribution in [1.29, 1.82) is 0 Å². The number of para-hydroxylation sites is 2. The van der Waals surface area contributed by atoms with Crippen molar-refractivity contribution in [2.75, 3.05) is 19.8 Å². The molecule has 0 unspecified atom stereocenters. The van der Waals surface area contributed by atoms with E-state index in [0.29, 0.717) is 18.5 Å². The fourth-order valence-electron chi connectivity index (χ4n) is 3.29. The molecule has 0 aliphatic rings. The molecule has 174 valence electrons. The van der Waals surface area contributed by atoms with Crippen molar-refractivity contribution < 1.29 is 27.4 Å². The van der Waals surface area contributed by atoms with Gasteiger partial charge in [0.1, 0.15) is 6.61 Å². The molecule has 6 nitrogen and oxygen atoms in total. The topological polar surface area (TPSA) is 89.4 Å². The number of nitrogens with one attached hydrogen (secondary N) is 2. The second-order valence-electron chi connectivity index (χ2n) is 7.21. The molecule has 0 spiro atoms. The highest BCUT2D eigenvalue weighted by atomic mass is 35.5. The summed E-state index contributed by atoms with van der Waals surface area (Å²) in [6.07, 6.45) is -2.00. The average Bonchev–Trinajstić information content (AvgIpc) is 3.17. The summed E-state index contributed by atoms with van der Waals surface area (Å²) in [5.74, 6) is -0.188. The van der Waals surface area contributed by atoms with Crippen molar-refractivity contribution in [2.45, 2.75) is 25.6 Å². The lowest BCUT2D eigenvalue weighted by atomic mass is 10.0. The second kappa shape index (κ2) is 11.1. The van der Waals surface area contributed by atoms with E-state index in [1.807, 2.05) is 19.1 Å². The molecule has 0 saturated carbocycles. The number of ether oxygens (including phenoxy) is 2. The maximum absolute atomic E-state index is 12.4. The molecule has 0 aliphatic carbocycles. The second-order valence-corrected chi connectivity index (χ2v) is 7.21. The summed E-state index contributed by atoms with van der Waals surface area (Å²) in [5.41, 5.74) is 7.62. The number of aromatic amines is 1. The van der Waals surface area contributed by atoms with Gasteiger partial charge in [-0.15, -0.1) is 12.4 Å². The lowest BCUT2D eigenvalue weighted by molar-refractivity contribution is -0.153. The van der Waals surface area contributed by atoms with Gasteiger partial charge in [-0.05, 0) is 49.2 Å². The lowest BCUT2D eigenvalue weighted by Crippen LogP contribution is -2.32. The summed E-state index contributed by atoms with van der Waals surface area (Å²) in [7, 11) is 0. The number of rotatable bonds is 10. The number of hydrogen-bond acceptors (Lipinski definition) is 4. The number of aromatic nitrogens is 1. The van der Waals surface area contributed by atoms with Gasteiger partial charge in [0.25, 0.3) is 5.91 Å². The van der Waals surface area contributed by atoms with E-state index in [-0.39, 0.29) is 36.6 Å². The Bertz CT molecular complexity index is 1040. The van der Waals surface area contributed by atoms with Gasteiger partial charge < -0.3 is 25.5 Å². The van der Waals surface area contributed by atoms with Crippen LogP contribution in [0.3, 0.4) is 0 Å². The van der Waals surface area contributed by atoms with Crippen LogP contribution in [0.25, 0.3) is 10.9 Å². The van der Waals surface area contributed by atoms with Crippen molar-refractivity contribution >= 4 is 29.2 Å². The molecule has 1 amide bonds. The Labute approximate surface area is 189 Å². The Morgan fingerprint density at radius 2 is 1.84 bits per heavy atom. The molecule has 0 aliphatic heterocycles. The molecular formula is C22H25ClF3N3O3. The summed E-state index contributed by atoms with van der Waals surface area (Å²) in [6, 6.07) is 12.0. The molecule has 1 atom stereocenters. The zero-order valence-electron chi connectivity index (χ0n) is 17.4. The van der Waals surface area contributed by atoms with E-state index in [9.17, 15) is 18.0 Å². The van der Waals surface area contributed by atoms with Crippen molar-refractivity contribution in [3.63, 3.8) is 0 Å². The molecule has 3 rings (SSSR count). The Kier molecular flexibility index (Phi) is 8.80. The molecule has 0 saturated heterocycles. The fraction of sp³-hybridized carbons (Fsp3) is 0.318. The Hall–Kier alpha value is -2.91. The predicted molar refractivity (Wildman–Crippen MR) is 119 cm³/mol. The monoisotopic (exact) mass is 471 g/mol. The van der Waals surface area contributed by atoms with Gasteiger partial charge >= 0.3 is 6.18 Å². The maximum Gasteiger partial charge on any atom is 0.422 e. The molecule has 0 fully saturated rings. The number of H-pyrrole nitrogens is 1. The predicted octanol–water partition coefficient (Wildman–Crippen LogP) is 4.23. The normalized spacial score (nSPS) is 12.2. The zero-order valence-corrected chi connectivity index (χ0v) is 18.2. The number of benzene rings is 2. The van der Waals surface area contributed by atoms with E-state index < -0.39 is 18.7 Å². The Morgan fingerprint density at radius 1 is 1.16 bits per heavy atom. The molecule has 3 aromatic rings. The van der Waals surface area contributed by atoms with E-state index in [1.54, 1.807) is 30.5 Å². The third-order valence-corrected chi connectivity index (χ3v) is 4.62. The third-order valence-electron chi connectivity index (χ3n) is 4.62. The van der Waals surface area contributed by atoms with Crippen LogP contribution in [0.1, 0.15) is 22.8 Å². The van der Waals surface area contributed by atoms with E-state index in [1.165, 1.54) is 6.07 Å². The van der Waals surface area contributed by atoms with Crippen molar-refractivity contribution in [1.82, 2.24) is 10.3 Å². The minimum atomic E-state index is -4.41. The number of halogens is 4. The standard InChI is InChI=1S/C22H24F3N3O3.ClH/c1-14(10-15-11-16-6-7-28-20(16)17(12-15)21(26)29)27-8-9-30-18-4-2-3-5-19(18)31-13-22(23,24)25;/h2-7,11-12,14,27-28H,8-10,13H2,1H3,(H2,26,29);1H/t14-;/m1./s1. The minimum absolute atomic E-state index is 0. The molecule has 4 N–H and O–H groups in total. The number of carbonyl (C=O) groups is 1. The molecule has 1 aromatic heterocycles. The highest BCUT2D eigenvalue weighted by Crippen LogP contribution is 2.28. The van der Waals surface area contributed by atoms with Crippen LogP contribution in [0, 0.1) is 0 Å². The quantitative estimate of drug-likeness (QED) is 0.386. The molecular weight excluding hydrogens is 447 g/mol. The number of hydrogen-bond donors (Lipinski definition) is 3. The van der Waals surface area contributed by atoms with Gasteiger partial charge in [-0.3, -0.25) is 4.79 Å². The first-order valence-corrected chi connectivity index (χ1v) is 9.77. The van der Waals surface area contributed by atoms with Gasteiger partial charge in [0.2, 0.25) is 0 Å². The summed E-state index contributed by atoms with van der Waals surface area (Å²) >= 11 is 0. The van der Waals surface area contributed by atoms with Crippen LogP contribution >= 0.6 is 12.4 Å². The average molecular weight is 472 g/mol. The van der Waals surface area contributed by atoms with Crippen LogP contribution in [0.2, 0.25) is 0 Å². The van der Waals surface area contributed by atoms with Crippen LogP contribution in [0.5, 0.6) is 11.5 Å². The molecule has 10 heteroatoms. The summed E-state index contributed by atoms with van der Waals surface area (Å²) in [4.78, 5) is 14.7. The van der Waals surface area contributed by atoms with Gasteiger partial charge in [-0.1, -0.05) is 12.1 Å². The highest BCUT2D eigenvalue weighted by molar-refractivity contribution is 6.05. The van der Waals surface area contributed by atoms with Gasteiger partial charge in [0.15, 0.2) is 18.1 Å². The van der Waals surface area contributed by atoms with Crippen LogP contribution < -0.4 is 20.5 Å². The number of fused-ring (bicyclic) bond motifs is 1. The van der Waals surface area contributed by atoms with Crippen LogP contribution in [-0.2, 0) is 6.42 Å². The fourth-order valence-corrected chi connectivity index (χ4v) is 3.29. The highest BCUT2D eigenvalue weighted by Gasteiger charge is 2.29. The van der Waals surface area contributed by atoms with E-state index in [0.717, 1.165) is 16.5 Å². The van der Waals surface area contributed by atoms with E-state index in [2.05, 4.69) is 10.3 Å². The summed E-state index contributed by atoms with van der Waals surface area (Å²) in [5, 5.41) is 4.21. The smallest absolute Gasteiger partial charge is 0.422 e. The SMILES string of the molecule is C[C@H](Cc1cc(C(N)=O)c2[nH]ccc2c1)NCCOc1ccccc1OCC(F)(F)F.Cl. The van der Waals surface area contributed by atoms with Crippen molar-refractivity contribution in [3.05, 3.63) is 59.8 Å². The van der Waals surface area contributed by atoms with Crippen molar-refractivity contribution in [3.8, 4) is 11.5 Å². The van der Waals surface area contributed by atoms with Crippen LogP contribution in [0.15, 0.2) is 48.7 Å². The first-order valence-electron chi connectivity index (χ1n) is 9.77. The van der Waals surface area contributed by atoms with Crippen LogP contribution in [0.4, 0.5) is 13.2 Å². The van der Waals surface area contributed by atoms with Gasteiger partial charge in [-0.25, -0.2) is 0 Å². The number of carbonyl (C=O) groups excluding carboxylic acids is 1. The van der Waals surface area contributed by atoms with E-state index in [4.69, 9.17) is 15.2 Å². The van der Waals surface area contributed by atoms with E-state index >= 15 is 0 Å². The Morgan fingerprint density at radius 3 is 2.50 bits per heavy atom. The van der Waals surface area contributed by atoms with Gasteiger partial charge in [0, 0.05) is 24.2 Å². The maximum atomic E-state index is 12.4. The summed E-state index contributed by atoms with van der Waals surface area (Å²) in [6.45, 7) is 1.34. The number of amides is 1. The summed E-state index contributed by atoms with van der Waals surface area (Å²) < 4.78 is 47.5. The molecule has 0 bridgehead atoms. The third kappa shape index (κ3) is 7.06. The first kappa shape index (κ1) is 25.4. The molecule has 32 heavy (non-hydrogen) atoms. The molecule has 1 heterocycles. The number of alkyl halides is 3. The van der Waals surface area contributed by atoms with Gasteiger partial charge in [0.05, 0.1) is 11.1 Å². The Balaban J connectivity index is 0.00000363. The largest absolute Gasteiger partial charge is 0.488 e. The van der Waals surface area contributed by atoms with Crippen molar-refractivity contribution in [2.24, 2.45) is 5.73 Å². The van der Waals surface area contributed by atoms with Gasteiger partial charge in [-0.2, -0.15) is 13.2 Å². The zero-order chi connectivity index (χ0) is 22.4. The number of nitrogens with two attached hydrogens (primary N) is 1. The minimum Gasteiger partial charge on any atom is -0.488 e. The number of primary amides is 1. The molecule has 0 radical (unpaired) electrons.